The van der Waals surface area contributed by atoms with E-state index >= 15 is 0 Å². The second-order valence-corrected chi connectivity index (χ2v) is 2.93. The molecular formula is C14H33NO. The van der Waals surface area contributed by atoms with Crippen molar-refractivity contribution in [2.45, 2.75) is 47.5 Å². The number of hydrogen-bond acceptors (Lipinski definition) is 2. The Kier molecular flexibility index (Phi) is 31.6. The molecule has 0 saturated carbocycles. The summed E-state index contributed by atoms with van der Waals surface area (Å²) in [6.45, 7) is 13.2. The van der Waals surface area contributed by atoms with Crippen molar-refractivity contribution in [1.82, 2.24) is 4.90 Å². The van der Waals surface area contributed by atoms with Crippen molar-refractivity contribution in [2.24, 2.45) is 0 Å². The maximum Gasteiger partial charge on any atom is 0.0433 e. The maximum absolute atomic E-state index is 4.54. The number of nitrogens with zero attached hydrogens (tertiary/aromatic N) is 1. The predicted octanol–water partition coefficient (Wildman–Crippen LogP) is 3.97. The van der Waals surface area contributed by atoms with E-state index in [0.29, 0.717) is 0 Å². The minimum atomic E-state index is 0.819. The van der Waals surface area contributed by atoms with Gasteiger partial charge >= 0.3 is 0 Å². The highest BCUT2D eigenvalue weighted by Crippen LogP contribution is 1.98. The number of ether oxygens (including phenoxy) is 1. The molecule has 0 aromatic rings. The van der Waals surface area contributed by atoms with Crippen LogP contribution in [0.5, 0.6) is 0 Å². The molecule has 2 nitrogen and oxygen atoms in total. The molecule has 0 aliphatic carbocycles. The Bertz CT molecular complexity index is 101. The summed E-state index contributed by atoms with van der Waals surface area (Å²) in [6.07, 6.45) is 7.00. The highest BCUT2D eigenvalue weighted by Gasteiger charge is 1.96. The molecule has 100 valence electrons. The summed E-state index contributed by atoms with van der Waals surface area (Å²) in [5, 5.41) is 0. The summed E-state index contributed by atoms with van der Waals surface area (Å²) >= 11 is 0. The van der Waals surface area contributed by atoms with Crippen molar-refractivity contribution < 1.29 is 4.74 Å². The first-order valence-corrected chi connectivity index (χ1v) is 6.63. The van der Waals surface area contributed by atoms with Crippen molar-refractivity contribution in [2.75, 3.05) is 33.9 Å². The molecule has 0 unspecified atom stereocenters. The Morgan fingerprint density at radius 2 is 1.31 bits per heavy atom. The van der Waals surface area contributed by atoms with Crippen LogP contribution in [0, 0.1) is 0 Å². The lowest BCUT2D eigenvalue weighted by Gasteiger charge is -2.10. The van der Waals surface area contributed by atoms with Crippen molar-refractivity contribution in [3.63, 3.8) is 0 Å². The van der Waals surface area contributed by atoms with Crippen LogP contribution in [-0.4, -0.2) is 38.8 Å². The third-order valence-electron chi connectivity index (χ3n) is 1.81. The highest BCUT2D eigenvalue weighted by atomic mass is 16.5. The van der Waals surface area contributed by atoms with Crippen molar-refractivity contribution in [3.8, 4) is 0 Å². The van der Waals surface area contributed by atoms with Gasteiger partial charge in [0.05, 0.1) is 0 Å². The van der Waals surface area contributed by atoms with Gasteiger partial charge in [-0.25, -0.2) is 0 Å². The summed E-state index contributed by atoms with van der Waals surface area (Å²) in [5.74, 6) is 0. The Labute approximate surface area is 104 Å². The standard InChI is InChI=1S/C7H13N.C3H8O.2C2H6/c1-8-6-4-2-3-5-7-8;1-3-4-2;2*1-2/h2-3H,4-7H2,1H3;3H2,1-2H3;2*1-2H3. The first-order valence-electron chi connectivity index (χ1n) is 6.63. The molecule has 1 aliphatic heterocycles. The van der Waals surface area contributed by atoms with E-state index in [9.17, 15) is 0 Å². The largest absolute Gasteiger partial charge is 0.385 e. The lowest BCUT2D eigenvalue weighted by atomic mass is 10.4. The molecule has 0 N–H and O–H groups in total. The molecule has 0 radical (unpaired) electrons. The highest BCUT2D eigenvalue weighted by molar-refractivity contribution is 4.86. The van der Waals surface area contributed by atoms with Crippen molar-refractivity contribution in [1.29, 1.82) is 0 Å². The Morgan fingerprint density at radius 3 is 1.56 bits per heavy atom. The van der Waals surface area contributed by atoms with Gasteiger partial charge in [-0.2, -0.15) is 0 Å². The van der Waals surface area contributed by atoms with Crippen LogP contribution in [0.1, 0.15) is 47.5 Å². The summed E-state index contributed by atoms with van der Waals surface area (Å²) in [4.78, 5) is 2.36. The average Bonchev–Trinajstić information content (AvgIpc) is 2.62. The van der Waals surface area contributed by atoms with Gasteiger partial charge in [0.2, 0.25) is 0 Å². The SMILES string of the molecule is CC.CC.CCOC.CN1CCC=CCC1. The molecule has 1 heterocycles. The van der Waals surface area contributed by atoms with E-state index in [2.05, 4.69) is 28.8 Å². The first kappa shape index (κ1) is 21.0. The second kappa shape index (κ2) is 24.1. The van der Waals surface area contributed by atoms with Gasteiger partial charge in [-0.05, 0) is 26.8 Å². The molecule has 0 saturated heterocycles. The van der Waals surface area contributed by atoms with E-state index in [1.165, 1.54) is 25.9 Å². The van der Waals surface area contributed by atoms with Crippen molar-refractivity contribution >= 4 is 0 Å². The monoisotopic (exact) mass is 231 g/mol. The van der Waals surface area contributed by atoms with E-state index < -0.39 is 0 Å². The number of rotatable bonds is 1. The van der Waals surface area contributed by atoms with E-state index in [1.54, 1.807) is 7.11 Å². The molecule has 0 bridgehead atoms. The topological polar surface area (TPSA) is 12.5 Å². The van der Waals surface area contributed by atoms with E-state index in [-0.39, 0.29) is 0 Å². The summed E-state index contributed by atoms with van der Waals surface area (Å²) in [6, 6.07) is 0. The third-order valence-corrected chi connectivity index (χ3v) is 1.81. The number of hydrogen-bond donors (Lipinski definition) is 0. The van der Waals surface area contributed by atoms with E-state index in [1.807, 2.05) is 34.6 Å². The summed E-state index contributed by atoms with van der Waals surface area (Å²) in [7, 11) is 3.85. The van der Waals surface area contributed by atoms with Crippen LogP contribution in [0.2, 0.25) is 0 Å². The van der Waals surface area contributed by atoms with E-state index in [4.69, 9.17) is 0 Å². The van der Waals surface area contributed by atoms with Gasteiger partial charge < -0.3 is 9.64 Å². The second-order valence-electron chi connectivity index (χ2n) is 2.93. The average molecular weight is 231 g/mol. The molecule has 1 aliphatic rings. The van der Waals surface area contributed by atoms with Gasteiger partial charge in [-0.3, -0.25) is 0 Å². The molecule has 0 atom stereocenters. The van der Waals surface area contributed by atoms with Crippen LogP contribution in [0.25, 0.3) is 0 Å². The van der Waals surface area contributed by atoms with Gasteiger partial charge in [-0.15, -0.1) is 0 Å². The Balaban J connectivity index is -0.000000181. The van der Waals surface area contributed by atoms with Gasteiger partial charge in [0.15, 0.2) is 0 Å². The van der Waals surface area contributed by atoms with Gasteiger partial charge in [-0.1, -0.05) is 39.8 Å². The van der Waals surface area contributed by atoms with Crippen LogP contribution in [-0.2, 0) is 4.74 Å². The molecule has 0 fully saturated rings. The molecular weight excluding hydrogens is 198 g/mol. The summed E-state index contributed by atoms with van der Waals surface area (Å²) in [5.41, 5.74) is 0. The fraction of sp³-hybridized carbons (Fsp3) is 0.857. The van der Waals surface area contributed by atoms with Crippen LogP contribution in [0.4, 0.5) is 0 Å². The molecule has 0 amide bonds. The fourth-order valence-corrected chi connectivity index (χ4v) is 0.937. The Hall–Kier alpha value is -0.340. The zero-order chi connectivity index (χ0) is 13.2. The number of methoxy groups -OCH3 is 1. The smallest absolute Gasteiger partial charge is 0.0433 e. The third kappa shape index (κ3) is 23.5. The lowest BCUT2D eigenvalue weighted by Crippen LogP contribution is -2.18. The fourth-order valence-electron chi connectivity index (χ4n) is 0.937. The lowest BCUT2D eigenvalue weighted by molar-refractivity contribution is 0.215. The molecule has 16 heavy (non-hydrogen) atoms. The zero-order valence-electron chi connectivity index (χ0n) is 12.5. The van der Waals surface area contributed by atoms with Crippen LogP contribution < -0.4 is 0 Å². The quantitative estimate of drug-likeness (QED) is 0.633. The Morgan fingerprint density at radius 1 is 1.00 bits per heavy atom. The zero-order valence-corrected chi connectivity index (χ0v) is 12.5. The minimum absolute atomic E-state index is 0.819. The molecule has 0 aromatic carbocycles. The normalized spacial score (nSPS) is 14.2. The van der Waals surface area contributed by atoms with Crippen LogP contribution in [0.3, 0.4) is 0 Å². The van der Waals surface area contributed by atoms with Gasteiger partial charge in [0, 0.05) is 26.8 Å². The van der Waals surface area contributed by atoms with E-state index in [0.717, 1.165) is 6.61 Å². The van der Waals surface area contributed by atoms with Crippen LogP contribution in [0.15, 0.2) is 12.2 Å². The molecule has 0 spiro atoms. The molecule has 2 heteroatoms. The minimum Gasteiger partial charge on any atom is -0.385 e. The maximum atomic E-state index is 4.54. The molecule has 0 aromatic heterocycles. The van der Waals surface area contributed by atoms with Crippen LogP contribution >= 0.6 is 0 Å². The first-order chi connectivity index (χ1) is 7.81. The van der Waals surface area contributed by atoms with Gasteiger partial charge in [0.1, 0.15) is 0 Å². The molecule has 1 rings (SSSR count). The predicted molar refractivity (Wildman–Crippen MR) is 76.1 cm³/mol. The van der Waals surface area contributed by atoms with Crippen molar-refractivity contribution in [3.05, 3.63) is 12.2 Å². The van der Waals surface area contributed by atoms with Gasteiger partial charge in [0.25, 0.3) is 0 Å². The summed E-state index contributed by atoms with van der Waals surface area (Å²) < 4.78 is 4.54.